The van der Waals surface area contributed by atoms with E-state index in [1.165, 1.54) is 6.07 Å². The molecule has 1 saturated heterocycles. The molecule has 5 nitrogen and oxygen atoms in total. The molecule has 29 heavy (non-hydrogen) atoms. The Hall–Kier alpha value is -2.99. The summed E-state index contributed by atoms with van der Waals surface area (Å²) in [7, 11) is 0. The number of aryl methyl sites for hydroxylation is 2. The fraction of sp³-hybridized carbons (Fsp3) is 0.304. The number of anilines is 1. The highest BCUT2D eigenvalue weighted by Gasteiger charge is 2.29. The van der Waals surface area contributed by atoms with Crippen LogP contribution in [-0.2, 0) is 4.79 Å². The van der Waals surface area contributed by atoms with Crippen molar-refractivity contribution < 1.29 is 9.18 Å². The van der Waals surface area contributed by atoms with Crippen LogP contribution in [-0.4, -0.2) is 33.7 Å². The van der Waals surface area contributed by atoms with Crippen LogP contribution in [0.3, 0.4) is 0 Å². The third-order valence-electron chi connectivity index (χ3n) is 5.32. The molecule has 3 aromatic rings. The summed E-state index contributed by atoms with van der Waals surface area (Å²) in [5.41, 5.74) is 3.45. The zero-order valence-electron chi connectivity index (χ0n) is 16.7. The highest BCUT2D eigenvalue weighted by molar-refractivity contribution is 5.95. The Labute approximate surface area is 170 Å². The maximum Gasteiger partial charge on any atom is 0.246 e. The van der Waals surface area contributed by atoms with Crippen molar-refractivity contribution in [1.82, 2.24) is 14.7 Å². The van der Waals surface area contributed by atoms with Crippen molar-refractivity contribution in [1.29, 1.82) is 0 Å². The predicted octanol–water partition coefficient (Wildman–Crippen LogP) is 4.40. The van der Waals surface area contributed by atoms with Gasteiger partial charge in [0.15, 0.2) is 5.82 Å². The van der Waals surface area contributed by atoms with E-state index < -0.39 is 5.82 Å². The minimum Gasteiger partial charge on any atom is -0.324 e. The summed E-state index contributed by atoms with van der Waals surface area (Å²) in [5.74, 6) is -0.567. The number of likely N-dealkylation sites (tertiary alicyclic amines) is 1. The smallest absolute Gasteiger partial charge is 0.246 e. The number of halogens is 1. The van der Waals surface area contributed by atoms with Gasteiger partial charge < -0.3 is 5.32 Å². The van der Waals surface area contributed by atoms with Crippen LogP contribution in [0.4, 0.5) is 10.1 Å². The molecule has 0 spiro atoms. The number of rotatable bonds is 5. The first-order valence-corrected chi connectivity index (χ1v) is 9.96. The van der Waals surface area contributed by atoms with Gasteiger partial charge in [0.25, 0.3) is 0 Å². The maximum atomic E-state index is 14.8. The van der Waals surface area contributed by atoms with Gasteiger partial charge in [-0.2, -0.15) is 5.10 Å². The van der Waals surface area contributed by atoms with E-state index in [1.807, 2.05) is 50.2 Å². The van der Waals surface area contributed by atoms with Crippen LogP contribution in [0.25, 0.3) is 5.69 Å². The number of aromatic nitrogens is 2. The van der Waals surface area contributed by atoms with Gasteiger partial charge in [0.05, 0.1) is 5.69 Å². The third-order valence-corrected chi connectivity index (χ3v) is 5.32. The average Bonchev–Trinajstić information content (AvgIpc) is 3.33. The van der Waals surface area contributed by atoms with E-state index in [-0.39, 0.29) is 11.9 Å². The molecule has 1 fully saturated rings. The molecular formula is C23H25FN4O. The molecule has 0 saturated carbocycles. The van der Waals surface area contributed by atoms with E-state index in [9.17, 15) is 9.18 Å². The Bertz CT molecular complexity index is 1010. The van der Waals surface area contributed by atoms with Gasteiger partial charge in [-0.25, -0.2) is 9.07 Å². The molecule has 0 aliphatic carbocycles. The van der Waals surface area contributed by atoms with E-state index in [2.05, 4.69) is 15.3 Å². The van der Waals surface area contributed by atoms with Gasteiger partial charge in [-0.1, -0.05) is 30.3 Å². The van der Waals surface area contributed by atoms with Crippen molar-refractivity contribution in [2.45, 2.75) is 32.7 Å². The predicted molar refractivity (Wildman–Crippen MR) is 112 cm³/mol. The van der Waals surface area contributed by atoms with Crippen LogP contribution in [0.5, 0.6) is 0 Å². The second kappa shape index (κ2) is 8.17. The lowest BCUT2D eigenvalue weighted by Crippen LogP contribution is -2.35. The topological polar surface area (TPSA) is 50.2 Å². The minimum absolute atomic E-state index is 0.142. The first-order chi connectivity index (χ1) is 14.0. The number of hydrogen-bond donors (Lipinski definition) is 1. The fourth-order valence-corrected chi connectivity index (χ4v) is 4.00. The van der Waals surface area contributed by atoms with Crippen LogP contribution in [0.15, 0.2) is 54.6 Å². The van der Waals surface area contributed by atoms with Crippen LogP contribution in [0.2, 0.25) is 0 Å². The normalized spacial score (nSPS) is 15.4. The molecule has 150 valence electrons. The van der Waals surface area contributed by atoms with Gasteiger partial charge >= 0.3 is 0 Å². The Morgan fingerprint density at radius 3 is 2.41 bits per heavy atom. The fourth-order valence-electron chi connectivity index (χ4n) is 4.00. The molecule has 1 amide bonds. The summed E-state index contributed by atoms with van der Waals surface area (Å²) >= 11 is 0. The molecule has 1 aliphatic rings. The molecule has 4 rings (SSSR count). The Balaban J connectivity index is 1.58. The molecule has 1 N–H and O–H groups in total. The van der Waals surface area contributed by atoms with Crippen LogP contribution in [0.1, 0.15) is 35.8 Å². The molecule has 2 aromatic carbocycles. The van der Waals surface area contributed by atoms with Crippen LogP contribution >= 0.6 is 0 Å². The van der Waals surface area contributed by atoms with Crippen LogP contribution < -0.4 is 5.32 Å². The standard InChI is InChI=1S/C23H25FN4O/c1-16-14-17(2)28(26-16)21-11-10-19(15-20(21)24)25-23(29)22(27-12-6-7-13-27)18-8-4-3-5-9-18/h3-5,8-11,14-15,22H,6-7,12-13H2,1-2H3,(H,25,29). The monoisotopic (exact) mass is 392 g/mol. The largest absolute Gasteiger partial charge is 0.324 e. The second-order valence-electron chi connectivity index (χ2n) is 7.55. The SMILES string of the molecule is Cc1cc(C)n(-c2ccc(NC(=O)C(c3ccccc3)N3CCCC3)cc2F)n1. The molecule has 1 atom stereocenters. The summed E-state index contributed by atoms with van der Waals surface area (Å²) in [6.07, 6.45) is 2.17. The van der Waals surface area contributed by atoms with E-state index in [4.69, 9.17) is 0 Å². The quantitative estimate of drug-likeness (QED) is 0.700. The number of nitrogens with zero attached hydrogens (tertiary/aromatic N) is 3. The molecular weight excluding hydrogens is 367 g/mol. The lowest BCUT2D eigenvalue weighted by atomic mass is 10.0. The Morgan fingerprint density at radius 2 is 1.79 bits per heavy atom. The van der Waals surface area contributed by atoms with Crippen LogP contribution in [0, 0.1) is 19.7 Å². The van der Waals surface area contributed by atoms with E-state index in [1.54, 1.807) is 16.8 Å². The van der Waals surface area contributed by atoms with Gasteiger partial charge in [-0.3, -0.25) is 9.69 Å². The number of carbonyl (C=O) groups is 1. The number of nitrogens with one attached hydrogen (secondary N) is 1. The molecule has 2 heterocycles. The average molecular weight is 392 g/mol. The summed E-state index contributed by atoms with van der Waals surface area (Å²) in [4.78, 5) is 15.3. The van der Waals surface area contributed by atoms with Crippen molar-refractivity contribution in [3.05, 3.63) is 77.4 Å². The molecule has 0 radical (unpaired) electrons. The second-order valence-corrected chi connectivity index (χ2v) is 7.55. The zero-order valence-corrected chi connectivity index (χ0v) is 16.7. The summed E-state index contributed by atoms with van der Waals surface area (Å²) < 4.78 is 16.4. The molecule has 6 heteroatoms. The van der Waals surface area contributed by atoms with Gasteiger partial charge in [-0.05, 0) is 69.6 Å². The lowest BCUT2D eigenvalue weighted by molar-refractivity contribution is -0.121. The van der Waals surface area contributed by atoms with Crippen molar-refractivity contribution in [2.75, 3.05) is 18.4 Å². The highest BCUT2D eigenvalue weighted by Crippen LogP contribution is 2.27. The molecule has 1 aromatic heterocycles. The third kappa shape index (κ3) is 4.07. The highest BCUT2D eigenvalue weighted by atomic mass is 19.1. The number of hydrogen-bond acceptors (Lipinski definition) is 3. The van der Waals surface area contributed by atoms with Crippen molar-refractivity contribution in [3.63, 3.8) is 0 Å². The zero-order chi connectivity index (χ0) is 20.4. The van der Waals surface area contributed by atoms with Gasteiger partial charge in [0.1, 0.15) is 11.7 Å². The Morgan fingerprint density at radius 1 is 1.07 bits per heavy atom. The molecule has 1 aliphatic heterocycles. The summed E-state index contributed by atoms with van der Waals surface area (Å²) in [6.45, 7) is 5.53. The molecule has 0 bridgehead atoms. The number of amides is 1. The number of carbonyl (C=O) groups excluding carboxylic acids is 1. The molecule has 1 unspecified atom stereocenters. The van der Waals surface area contributed by atoms with Gasteiger partial charge in [0, 0.05) is 11.4 Å². The summed E-state index contributed by atoms with van der Waals surface area (Å²) in [5, 5.41) is 7.24. The maximum absolute atomic E-state index is 14.8. The summed E-state index contributed by atoms with van der Waals surface area (Å²) in [6, 6.07) is 16.0. The minimum atomic E-state index is -0.425. The Kier molecular flexibility index (Phi) is 5.45. The van der Waals surface area contributed by atoms with Crippen molar-refractivity contribution >= 4 is 11.6 Å². The van der Waals surface area contributed by atoms with E-state index >= 15 is 0 Å². The first-order valence-electron chi connectivity index (χ1n) is 9.96. The number of benzene rings is 2. The van der Waals surface area contributed by atoms with E-state index in [0.29, 0.717) is 11.4 Å². The van der Waals surface area contributed by atoms with Gasteiger partial charge in [0.2, 0.25) is 5.91 Å². The van der Waals surface area contributed by atoms with Gasteiger partial charge in [-0.15, -0.1) is 0 Å². The van der Waals surface area contributed by atoms with E-state index in [0.717, 1.165) is 42.9 Å². The van der Waals surface area contributed by atoms with Crippen molar-refractivity contribution in [3.8, 4) is 5.69 Å². The van der Waals surface area contributed by atoms with Crippen molar-refractivity contribution in [2.24, 2.45) is 0 Å². The lowest BCUT2D eigenvalue weighted by Gasteiger charge is -2.27. The first kappa shape index (κ1) is 19.3.